The molecule has 2 aromatic heterocycles. The van der Waals surface area contributed by atoms with E-state index in [9.17, 15) is 18.4 Å². The van der Waals surface area contributed by atoms with Crippen LogP contribution in [0.1, 0.15) is 13.3 Å². The van der Waals surface area contributed by atoms with Gasteiger partial charge in [-0.25, -0.2) is 23.7 Å². The van der Waals surface area contributed by atoms with Crippen molar-refractivity contribution in [3.05, 3.63) is 30.7 Å². The zero-order chi connectivity index (χ0) is 24.5. The van der Waals surface area contributed by atoms with E-state index in [1.807, 2.05) is 4.90 Å². The second-order valence-corrected chi connectivity index (χ2v) is 8.65. The number of halogens is 2. The van der Waals surface area contributed by atoms with Gasteiger partial charge in [0.15, 0.2) is 12.7 Å². The van der Waals surface area contributed by atoms with Gasteiger partial charge in [0, 0.05) is 53.1 Å². The van der Waals surface area contributed by atoms with Crippen LogP contribution in [0, 0.1) is 5.92 Å². The number of ether oxygens (including phenoxy) is 2. The lowest BCUT2D eigenvalue weighted by atomic mass is 9.99. The number of alkyl halides is 2. The molecule has 0 radical (unpaired) electrons. The smallest absolute Gasteiger partial charge is 0.278 e. The fraction of sp³-hybridized carbons (Fsp3) is 0.500. The van der Waals surface area contributed by atoms with Gasteiger partial charge in [0.25, 0.3) is 11.8 Å². The van der Waals surface area contributed by atoms with Crippen LogP contribution in [-0.2, 0) is 9.59 Å². The van der Waals surface area contributed by atoms with Gasteiger partial charge in [-0.05, 0) is 6.07 Å². The van der Waals surface area contributed by atoms with Crippen LogP contribution < -0.4 is 19.3 Å². The van der Waals surface area contributed by atoms with Crippen molar-refractivity contribution in [3.8, 4) is 11.6 Å². The average Bonchev–Trinajstić information content (AvgIpc) is 3.12. The molecule has 4 rings (SSSR count). The number of rotatable bonds is 8. The van der Waals surface area contributed by atoms with Crippen LogP contribution in [0.15, 0.2) is 30.7 Å². The Morgan fingerprint density at radius 3 is 2.47 bits per heavy atom. The zero-order valence-corrected chi connectivity index (χ0v) is 19.1. The summed E-state index contributed by atoms with van der Waals surface area (Å²) < 4.78 is 36.4. The van der Waals surface area contributed by atoms with Crippen molar-refractivity contribution in [2.24, 2.45) is 5.92 Å². The molecule has 0 N–H and O–H groups in total. The average molecular weight is 476 g/mol. The van der Waals surface area contributed by atoms with Crippen LogP contribution in [0.5, 0.6) is 11.6 Å². The summed E-state index contributed by atoms with van der Waals surface area (Å²) in [5.41, 5.74) is 0.559. The summed E-state index contributed by atoms with van der Waals surface area (Å²) in [5.74, 6) is -2.27. The quantitative estimate of drug-likeness (QED) is 0.567. The van der Waals surface area contributed by atoms with Crippen LogP contribution in [-0.4, -0.2) is 84.0 Å². The Morgan fingerprint density at radius 2 is 1.88 bits per heavy atom. The maximum atomic E-state index is 12.9. The molecule has 0 bridgehead atoms. The van der Waals surface area contributed by atoms with E-state index >= 15 is 0 Å². The second-order valence-electron chi connectivity index (χ2n) is 8.65. The van der Waals surface area contributed by atoms with Gasteiger partial charge >= 0.3 is 0 Å². The third-order valence-electron chi connectivity index (χ3n) is 5.51. The van der Waals surface area contributed by atoms with E-state index in [0.717, 1.165) is 6.92 Å². The number of nitrogens with zero attached hydrogens (tertiary/aromatic N) is 6. The number of anilines is 2. The van der Waals surface area contributed by atoms with E-state index in [1.54, 1.807) is 36.3 Å². The highest BCUT2D eigenvalue weighted by Gasteiger charge is 2.37. The molecule has 2 fully saturated rings. The fourth-order valence-electron chi connectivity index (χ4n) is 3.69. The fourth-order valence-corrected chi connectivity index (χ4v) is 3.69. The number of hydrogen-bond acceptors (Lipinski definition) is 8. The number of hydrogen-bond donors (Lipinski definition) is 0. The lowest BCUT2D eigenvalue weighted by molar-refractivity contribution is -0.133. The number of carbonyl (C=O) groups excluding carboxylic acids is 2. The Balaban J connectivity index is 1.30. The lowest BCUT2D eigenvalue weighted by Gasteiger charge is -2.39. The molecule has 10 nitrogen and oxygen atoms in total. The first-order valence-corrected chi connectivity index (χ1v) is 10.8. The van der Waals surface area contributed by atoms with Crippen molar-refractivity contribution in [3.63, 3.8) is 0 Å². The van der Waals surface area contributed by atoms with E-state index in [-0.39, 0.29) is 23.6 Å². The first-order valence-electron chi connectivity index (χ1n) is 10.8. The van der Waals surface area contributed by atoms with Gasteiger partial charge in [-0.2, -0.15) is 0 Å². The van der Waals surface area contributed by atoms with Gasteiger partial charge in [0.1, 0.15) is 5.75 Å². The Labute approximate surface area is 195 Å². The summed E-state index contributed by atoms with van der Waals surface area (Å²) >= 11 is 0. The zero-order valence-electron chi connectivity index (χ0n) is 19.1. The molecule has 1 unspecified atom stereocenters. The van der Waals surface area contributed by atoms with E-state index in [1.165, 1.54) is 18.3 Å². The van der Waals surface area contributed by atoms with E-state index < -0.39 is 18.6 Å². The highest BCUT2D eigenvalue weighted by Crippen LogP contribution is 2.27. The Bertz CT molecular complexity index is 1020. The Kier molecular flexibility index (Phi) is 6.49. The minimum atomic E-state index is -2.96. The second kappa shape index (κ2) is 9.35. The molecular formula is C22H26F2N6O4. The van der Waals surface area contributed by atoms with Crippen LogP contribution in [0.4, 0.5) is 20.4 Å². The Hall–Kier alpha value is -3.57. The highest BCUT2D eigenvalue weighted by molar-refractivity contribution is 5.98. The molecule has 0 aromatic carbocycles. The maximum Gasteiger partial charge on any atom is 0.278 e. The normalized spacial score (nSPS) is 18.6. The van der Waals surface area contributed by atoms with Gasteiger partial charge in [-0.1, -0.05) is 0 Å². The minimum Gasteiger partial charge on any atom is -0.479 e. The third-order valence-corrected chi connectivity index (χ3v) is 5.51. The summed E-state index contributed by atoms with van der Waals surface area (Å²) in [7, 11) is 3.47. The maximum absolute atomic E-state index is 12.9. The number of aromatic nitrogens is 3. The van der Waals surface area contributed by atoms with Gasteiger partial charge in [-0.15, -0.1) is 0 Å². The molecule has 2 aliphatic rings. The molecule has 2 saturated heterocycles. The van der Waals surface area contributed by atoms with Crippen molar-refractivity contribution in [2.75, 3.05) is 50.1 Å². The number of amides is 2. The van der Waals surface area contributed by atoms with Gasteiger partial charge in [0.05, 0.1) is 30.2 Å². The summed E-state index contributed by atoms with van der Waals surface area (Å²) in [4.78, 5) is 42.5. The topological polar surface area (TPSA) is 101 Å². The predicted octanol–water partition coefficient (Wildman–Crippen LogP) is 1.61. The molecule has 1 atom stereocenters. The lowest BCUT2D eigenvalue weighted by Crippen LogP contribution is -2.54. The molecule has 0 aliphatic carbocycles. The molecule has 4 heterocycles. The van der Waals surface area contributed by atoms with Crippen molar-refractivity contribution in [1.29, 1.82) is 0 Å². The van der Waals surface area contributed by atoms with Gasteiger partial charge in [0.2, 0.25) is 17.7 Å². The molecule has 34 heavy (non-hydrogen) atoms. The largest absolute Gasteiger partial charge is 0.479 e. The summed E-state index contributed by atoms with van der Waals surface area (Å²) in [6, 6.07) is 2.93. The number of carbonyl (C=O) groups is 2. The summed E-state index contributed by atoms with van der Waals surface area (Å²) in [5, 5.41) is 0. The monoisotopic (exact) mass is 476 g/mol. The first-order chi connectivity index (χ1) is 16.1. The van der Waals surface area contributed by atoms with Gasteiger partial charge in [-0.3, -0.25) is 9.59 Å². The summed E-state index contributed by atoms with van der Waals surface area (Å²) in [6.07, 6.45) is 4.25. The van der Waals surface area contributed by atoms with Crippen molar-refractivity contribution < 1.29 is 27.8 Å². The molecular weight excluding hydrogens is 450 g/mol. The van der Waals surface area contributed by atoms with E-state index in [4.69, 9.17) is 9.47 Å². The third kappa shape index (κ3) is 5.32. The SMILES string of the molecule is CN(C)C(=O)C1CN(c2ncc(N3CCC(Oc4ccc(OCC(C)(F)F)nc4)C3=O)cn2)C1. The highest BCUT2D eigenvalue weighted by atomic mass is 19.3. The molecule has 0 spiro atoms. The Morgan fingerprint density at radius 1 is 1.18 bits per heavy atom. The molecule has 182 valence electrons. The van der Waals surface area contributed by atoms with Crippen molar-refractivity contribution in [2.45, 2.75) is 25.4 Å². The van der Waals surface area contributed by atoms with Crippen LogP contribution in [0.25, 0.3) is 0 Å². The van der Waals surface area contributed by atoms with Gasteiger partial charge < -0.3 is 24.2 Å². The standard InChI is InChI=1S/C22H26F2N6O4/c1-22(23,24)13-33-18-5-4-16(10-25-18)34-17-6-7-30(20(17)32)15-8-26-21(27-9-15)29-11-14(12-29)19(31)28(2)3/h4-5,8-10,14,17H,6-7,11-13H2,1-3H3. The molecule has 0 saturated carbocycles. The predicted molar refractivity (Wildman–Crippen MR) is 118 cm³/mol. The molecule has 2 aromatic rings. The van der Waals surface area contributed by atoms with Crippen LogP contribution in [0.2, 0.25) is 0 Å². The van der Waals surface area contributed by atoms with Crippen molar-refractivity contribution in [1.82, 2.24) is 19.9 Å². The summed E-state index contributed by atoms with van der Waals surface area (Å²) in [6.45, 7) is 1.55. The first kappa shape index (κ1) is 23.6. The minimum absolute atomic E-state index is 0.0464. The van der Waals surface area contributed by atoms with E-state index in [2.05, 4.69) is 15.0 Å². The molecule has 2 aliphatic heterocycles. The molecule has 12 heteroatoms. The van der Waals surface area contributed by atoms with E-state index in [0.29, 0.717) is 43.4 Å². The van der Waals surface area contributed by atoms with Crippen LogP contribution >= 0.6 is 0 Å². The van der Waals surface area contributed by atoms with Crippen LogP contribution in [0.3, 0.4) is 0 Å². The van der Waals surface area contributed by atoms with Crippen molar-refractivity contribution >= 4 is 23.5 Å². The number of pyridine rings is 1. The molecule has 2 amide bonds.